The van der Waals surface area contributed by atoms with Crippen molar-refractivity contribution in [1.29, 1.82) is 0 Å². The van der Waals surface area contributed by atoms with Crippen LogP contribution in [-0.4, -0.2) is 26.3 Å². The second-order valence-electron chi connectivity index (χ2n) is 7.71. The first-order valence-corrected chi connectivity index (χ1v) is 9.92. The monoisotopic (exact) mass is 444 g/mol. The number of aryl methyl sites for hydroxylation is 1. The summed E-state index contributed by atoms with van der Waals surface area (Å²) in [4.78, 5) is 38.6. The first-order valence-electron chi connectivity index (χ1n) is 9.92. The molecule has 4 rings (SSSR count). The molecule has 1 N–H and O–H groups in total. The Kier molecular flexibility index (Phi) is 5.45. The van der Waals surface area contributed by atoms with Gasteiger partial charge in [-0.3, -0.25) is 14.2 Å². The van der Waals surface area contributed by atoms with Crippen LogP contribution in [0, 0.1) is 6.92 Å². The molecule has 10 heteroatoms. The standard InChI is InChI=1S/C22H19F3N4O3/c1-13-2-10-17(11-3-13)29-21(32)28(12-14-4-6-15(7-5-14)22(23,24)25)20(31)18(27-29)19(30)26-16-8-9-16/h2-7,10-11,16H,8-9,12H2,1H3,(H,26,30). The van der Waals surface area contributed by atoms with E-state index in [1.165, 1.54) is 12.1 Å². The predicted octanol–water partition coefficient (Wildman–Crippen LogP) is 2.66. The fourth-order valence-corrected chi connectivity index (χ4v) is 3.11. The molecular formula is C22H19F3N4O3. The molecule has 0 aliphatic heterocycles. The average Bonchev–Trinajstić information content (AvgIpc) is 3.56. The highest BCUT2D eigenvalue weighted by Gasteiger charge is 2.30. The van der Waals surface area contributed by atoms with Gasteiger partial charge in [0.1, 0.15) is 0 Å². The molecule has 3 aromatic rings. The molecule has 0 saturated heterocycles. The van der Waals surface area contributed by atoms with Crippen LogP contribution in [-0.2, 0) is 12.7 Å². The lowest BCUT2D eigenvalue weighted by atomic mass is 10.1. The molecular weight excluding hydrogens is 425 g/mol. The second kappa shape index (κ2) is 8.10. The first kappa shape index (κ1) is 21.5. The van der Waals surface area contributed by atoms with E-state index in [9.17, 15) is 27.6 Å². The minimum atomic E-state index is -4.50. The van der Waals surface area contributed by atoms with Crippen LogP contribution in [0.4, 0.5) is 13.2 Å². The minimum absolute atomic E-state index is 0.0354. The van der Waals surface area contributed by atoms with Crippen LogP contribution >= 0.6 is 0 Å². The van der Waals surface area contributed by atoms with Gasteiger partial charge in [0, 0.05) is 6.04 Å². The van der Waals surface area contributed by atoms with Crippen LogP contribution in [0.15, 0.2) is 58.1 Å². The van der Waals surface area contributed by atoms with E-state index in [0.29, 0.717) is 11.3 Å². The lowest BCUT2D eigenvalue weighted by Gasteiger charge is -2.13. The Morgan fingerprint density at radius 1 is 1.06 bits per heavy atom. The molecule has 0 bridgehead atoms. The molecule has 166 valence electrons. The number of alkyl halides is 3. The Bertz CT molecular complexity index is 1270. The number of hydrogen-bond acceptors (Lipinski definition) is 4. The van der Waals surface area contributed by atoms with E-state index >= 15 is 0 Å². The van der Waals surface area contributed by atoms with Gasteiger partial charge >= 0.3 is 11.9 Å². The summed E-state index contributed by atoms with van der Waals surface area (Å²) in [6.07, 6.45) is -2.91. The molecule has 1 heterocycles. The van der Waals surface area contributed by atoms with Crippen LogP contribution in [0.3, 0.4) is 0 Å². The van der Waals surface area contributed by atoms with Crippen LogP contribution in [0.25, 0.3) is 5.69 Å². The zero-order valence-corrected chi connectivity index (χ0v) is 17.0. The molecule has 0 unspecified atom stereocenters. The maximum absolute atomic E-state index is 13.1. The molecule has 2 aromatic carbocycles. The van der Waals surface area contributed by atoms with Crippen molar-refractivity contribution < 1.29 is 18.0 Å². The first-order chi connectivity index (χ1) is 15.1. The number of benzene rings is 2. The van der Waals surface area contributed by atoms with E-state index in [1.807, 2.05) is 6.92 Å². The number of carbonyl (C=O) groups excluding carboxylic acids is 1. The van der Waals surface area contributed by atoms with Crippen molar-refractivity contribution in [3.05, 3.63) is 91.8 Å². The largest absolute Gasteiger partial charge is 0.416 e. The maximum Gasteiger partial charge on any atom is 0.416 e. The fraction of sp³-hybridized carbons (Fsp3) is 0.273. The number of nitrogens with zero attached hydrogens (tertiary/aromatic N) is 3. The van der Waals surface area contributed by atoms with Crippen LogP contribution < -0.4 is 16.6 Å². The number of nitrogens with one attached hydrogen (secondary N) is 1. The summed E-state index contributed by atoms with van der Waals surface area (Å²) in [5.74, 6) is -0.695. The van der Waals surface area contributed by atoms with Gasteiger partial charge in [-0.2, -0.15) is 23.0 Å². The number of halogens is 3. The van der Waals surface area contributed by atoms with Crippen molar-refractivity contribution in [3.8, 4) is 5.69 Å². The normalized spacial score (nSPS) is 13.8. The van der Waals surface area contributed by atoms with Crippen LogP contribution in [0.5, 0.6) is 0 Å². The molecule has 0 radical (unpaired) electrons. The topological polar surface area (TPSA) is 86.0 Å². The molecule has 1 amide bonds. The van der Waals surface area contributed by atoms with Gasteiger partial charge in [0.25, 0.3) is 11.5 Å². The smallest absolute Gasteiger partial charge is 0.348 e. The summed E-state index contributed by atoms with van der Waals surface area (Å²) < 4.78 is 40.3. The minimum Gasteiger partial charge on any atom is -0.348 e. The summed E-state index contributed by atoms with van der Waals surface area (Å²) in [7, 11) is 0. The third-order valence-electron chi connectivity index (χ3n) is 5.09. The zero-order valence-electron chi connectivity index (χ0n) is 17.0. The SMILES string of the molecule is Cc1ccc(-n2nc(C(=O)NC3CC3)c(=O)n(Cc3ccc(C(F)(F)F)cc3)c2=O)cc1. The molecule has 0 spiro atoms. The van der Waals surface area contributed by atoms with E-state index in [1.54, 1.807) is 24.3 Å². The van der Waals surface area contributed by atoms with Crippen molar-refractivity contribution in [2.45, 2.75) is 38.5 Å². The molecule has 7 nitrogen and oxygen atoms in total. The highest BCUT2D eigenvalue weighted by Crippen LogP contribution is 2.29. The molecule has 32 heavy (non-hydrogen) atoms. The summed E-state index contributed by atoms with van der Waals surface area (Å²) in [6, 6.07) is 10.8. The highest BCUT2D eigenvalue weighted by atomic mass is 19.4. The maximum atomic E-state index is 13.1. The number of rotatable bonds is 5. The Hall–Kier alpha value is -3.69. The van der Waals surface area contributed by atoms with Crippen LogP contribution in [0.1, 0.15) is 40.0 Å². The summed E-state index contributed by atoms with van der Waals surface area (Å²) >= 11 is 0. The highest BCUT2D eigenvalue weighted by molar-refractivity contribution is 5.92. The molecule has 1 fully saturated rings. The van der Waals surface area contributed by atoms with Crippen molar-refractivity contribution in [2.24, 2.45) is 0 Å². The zero-order chi connectivity index (χ0) is 23.0. The van der Waals surface area contributed by atoms with Gasteiger partial charge in [0.15, 0.2) is 0 Å². The van der Waals surface area contributed by atoms with Gasteiger partial charge in [-0.15, -0.1) is 0 Å². The molecule has 0 atom stereocenters. The number of hydrogen-bond donors (Lipinski definition) is 1. The van der Waals surface area contributed by atoms with Crippen molar-refractivity contribution in [3.63, 3.8) is 0 Å². The fourth-order valence-electron chi connectivity index (χ4n) is 3.11. The molecule has 1 aliphatic carbocycles. The van der Waals surface area contributed by atoms with E-state index in [-0.39, 0.29) is 12.6 Å². The van der Waals surface area contributed by atoms with Gasteiger partial charge in [-0.05, 0) is 49.6 Å². The average molecular weight is 444 g/mol. The third kappa shape index (κ3) is 4.48. The van der Waals surface area contributed by atoms with Gasteiger partial charge in [-0.1, -0.05) is 29.8 Å². The predicted molar refractivity (Wildman–Crippen MR) is 110 cm³/mol. The van der Waals surface area contributed by atoms with Gasteiger partial charge in [-0.25, -0.2) is 4.79 Å². The Balaban J connectivity index is 1.80. The molecule has 1 aromatic heterocycles. The lowest BCUT2D eigenvalue weighted by molar-refractivity contribution is -0.137. The third-order valence-corrected chi connectivity index (χ3v) is 5.09. The molecule has 1 saturated carbocycles. The summed E-state index contributed by atoms with van der Waals surface area (Å²) in [6.45, 7) is 1.55. The van der Waals surface area contributed by atoms with Crippen molar-refractivity contribution in [1.82, 2.24) is 19.7 Å². The number of carbonyl (C=O) groups is 1. The van der Waals surface area contributed by atoms with Gasteiger partial charge in [0.2, 0.25) is 5.69 Å². The quantitative estimate of drug-likeness (QED) is 0.656. The van der Waals surface area contributed by atoms with E-state index in [4.69, 9.17) is 0 Å². The summed E-state index contributed by atoms with van der Waals surface area (Å²) in [5.41, 5.74) is -1.42. The molecule has 1 aliphatic rings. The van der Waals surface area contributed by atoms with Gasteiger partial charge in [0.05, 0.1) is 17.8 Å². The van der Waals surface area contributed by atoms with E-state index in [2.05, 4.69) is 10.4 Å². The van der Waals surface area contributed by atoms with Crippen molar-refractivity contribution >= 4 is 5.91 Å². The van der Waals surface area contributed by atoms with Gasteiger partial charge < -0.3 is 5.32 Å². The second-order valence-corrected chi connectivity index (χ2v) is 7.71. The van der Waals surface area contributed by atoms with E-state index < -0.39 is 34.6 Å². The Labute approximate surface area is 180 Å². The van der Waals surface area contributed by atoms with Crippen molar-refractivity contribution in [2.75, 3.05) is 0 Å². The Morgan fingerprint density at radius 3 is 2.25 bits per heavy atom. The lowest BCUT2D eigenvalue weighted by Crippen LogP contribution is -2.46. The van der Waals surface area contributed by atoms with Crippen LogP contribution in [0.2, 0.25) is 0 Å². The number of amides is 1. The van der Waals surface area contributed by atoms with E-state index in [0.717, 1.165) is 39.8 Å². The Morgan fingerprint density at radius 2 is 1.69 bits per heavy atom. The summed E-state index contributed by atoms with van der Waals surface area (Å²) in [5, 5.41) is 6.69. The number of aromatic nitrogens is 3.